The average Bonchev–Trinajstić information content (AvgIpc) is 2.90. The van der Waals surface area contributed by atoms with Crippen molar-refractivity contribution in [3.8, 4) is 0 Å². The molecule has 0 saturated heterocycles. The Hall–Kier alpha value is -1.92. The number of carbonyl (C=O) groups excluding carboxylic acids is 1. The van der Waals surface area contributed by atoms with E-state index in [2.05, 4.69) is 20.8 Å². The van der Waals surface area contributed by atoms with Gasteiger partial charge in [0.25, 0.3) is 5.91 Å². The SMILES string of the molecule is O=C(NCc1ccc(Cl)cc1F)c1n[nH]c2c1CCNC2. The lowest BCUT2D eigenvalue weighted by Gasteiger charge is -2.12. The van der Waals surface area contributed by atoms with Crippen molar-refractivity contribution in [3.05, 3.63) is 51.6 Å². The number of hydrogen-bond donors (Lipinski definition) is 3. The van der Waals surface area contributed by atoms with Gasteiger partial charge in [-0.1, -0.05) is 17.7 Å². The number of fused-ring (bicyclic) bond motifs is 1. The molecular formula is C14H14ClFN4O. The maximum absolute atomic E-state index is 13.7. The number of amides is 1. The lowest BCUT2D eigenvalue weighted by atomic mass is 10.1. The van der Waals surface area contributed by atoms with Gasteiger partial charge in [-0.2, -0.15) is 5.10 Å². The first kappa shape index (κ1) is 14.0. The zero-order valence-corrected chi connectivity index (χ0v) is 11.9. The molecule has 110 valence electrons. The molecule has 0 aliphatic carbocycles. The summed E-state index contributed by atoms with van der Waals surface area (Å²) in [5, 5.41) is 13.1. The van der Waals surface area contributed by atoms with Gasteiger partial charge < -0.3 is 10.6 Å². The number of halogens is 2. The van der Waals surface area contributed by atoms with E-state index < -0.39 is 5.82 Å². The van der Waals surface area contributed by atoms with Crippen LogP contribution in [0.2, 0.25) is 5.02 Å². The van der Waals surface area contributed by atoms with Gasteiger partial charge >= 0.3 is 0 Å². The molecule has 7 heteroatoms. The highest BCUT2D eigenvalue weighted by atomic mass is 35.5. The number of rotatable bonds is 3. The smallest absolute Gasteiger partial charge is 0.272 e. The maximum Gasteiger partial charge on any atom is 0.272 e. The molecule has 0 atom stereocenters. The van der Waals surface area contributed by atoms with Crippen molar-refractivity contribution in [2.45, 2.75) is 19.5 Å². The maximum atomic E-state index is 13.7. The normalized spacial score (nSPS) is 13.8. The van der Waals surface area contributed by atoms with Gasteiger partial charge in [-0.05, 0) is 25.1 Å². The summed E-state index contributed by atoms with van der Waals surface area (Å²) in [7, 11) is 0. The van der Waals surface area contributed by atoms with Crippen LogP contribution in [0.15, 0.2) is 18.2 Å². The van der Waals surface area contributed by atoms with Crippen LogP contribution in [-0.2, 0) is 19.5 Å². The van der Waals surface area contributed by atoms with E-state index in [1.54, 1.807) is 12.1 Å². The molecule has 0 bridgehead atoms. The van der Waals surface area contributed by atoms with E-state index >= 15 is 0 Å². The van der Waals surface area contributed by atoms with Gasteiger partial charge in [0.05, 0.1) is 5.69 Å². The third-order valence-electron chi connectivity index (χ3n) is 3.48. The molecule has 3 N–H and O–H groups in total. The van der Waals surface area contributed by atoms with Gasteiger partial charge in [0, 0.05) is 29.2 Å². The molecule has 2 aromatic rings. The number of benzene rings is 1. The Kier molecular flexibility index (Phi) is 3.90. The first-order chi connectivity index (χ1) is 10.1. The monoisotopic (exact) mass is 308 g/mol. The molecule has 0 spiro atoms. The second kappa shape index (κ2) is 5.83. The quantitative estimate of drug-likeness (QED) is 0.809. The van der Waals surface area contributed by atoms with Crippen LogP contribution in [0.3, 0.4) is 0 Å². The zero-order valence-electron chi connectivity index (χ0n) is 11.2. The van der Waals surface area contributed by atoms with Crippen LogP contribution < -0.4 is 10.6 Å². The third kappa shape index (κ3) is 2.91. The summed E-state index contributed by atoms with van der Waals surface area (Å²) in [6.07, 6.45) is 0.754. The van der Waals surface area contributed by atoms with Crippen LogP contribution in [0.4, 0.5) is 4.39 Å². The highest BCUT2D eigenvalue weighted by molar-refractivity contribution is 6.30. The Labute approximate surface area is 125 Å². The Morgan fingerprint density at radius 3 is 3.14 bits per heavy atom. The molecule has 0 saturated carbocycles. The van der Waals surface area contributed by atoms with Crippen molar-refractivity contribution in [1.82, 2.24) is 20.8 Å². The van der Waals surface area contributed by atoms with E-state index in [-0.39, 0.29) is 12.5 Å². The standard InChI is InChI=1S/C14H14ClFN4O/c15-9-2-1-8(11(16)5-9)6-18-14(21)13-10-3-4-17-7-12(10)19-20-13/h1-2,5,17H,3-4,6-7H2,(H,18,21)(H,19,20). The molecule has 0 fully saturated rings. The fourth-order valence-electron chi connectivity index (χ4n) is 2.36. The molecule has 0 unspecified atom stereocenters. The number of nitrogens with zero attached hydrogens (tertiary/aromatic N) is 1. The predicted octanol–water partition coefficient (Wildman–Crippen LogP) is 1.78. The van der Waals surface area contributed by atoms with Gasteiger partial charge in [-0.15, -0.1) is 0 Å². The number of carbonyl (C=O) groups is 1. The van der Waals surface area contributed by atoms with Crippen molar-refractivity contribution in [2.24, 2.45) is 0 Å². The summed E-state index contributed by atoms with van der Waals surface area (Å²) < 4.78 is 13.7. The highest BCUT2D eigenvalue weighted by Gasteiger charge is 2.21. The van der Waals surface area contributed by atoms with E-state index in [0.717, 1.165) is 24.2 Å². The van der Waals surface area contributed by atoms with E-state index in [4.69, 9.17) is 11.6 Å². The summed E-state index contributed by atoms with van der Waals surface area (Å²) in [4.78, 5) is 12.2. The Balaban J connectivity index is 1.71. The molecule has 1 aromatic heterocycles. The van der Waals surface area contributed by atoms with Crippen LogP contribution in [-0.4, -0.2) is 22.6 Å². The second-order valence-electron chi connectivity index (χ2n) is 4.87. The summed E-state index contributed by atoms with van der Waals surface area (Å²) >= 11 is 5.69. The largest absolute Gasteiger partial charge is 0.346 e. The minimum atomic E-state index is -0.434. The fourth-order valence-corrected chi connectivity index (χ4v) is 2.51. The zero-order chi connectivity index (χ0) is 14.8. The van der Waals surface area contributed by atoms with Gasteiger partial charge in [0.1, 0.15) is 5.82 Å². The summed E-state index contributed by atoms with van der Waals surface area (Å²) in [6.45, 7) is 1.60. The number of nitrogens with one attached hydrogen (secondary N) is 3. The first-order valence-corrected chi connectivity index (χ1v) is 7.02. The van der Waals surface area contributed by atoms with Crippen molar-refractivity contribution < 1.29 is 9.18 Å². The molecule has 1 aromatic carbocycles. The molecule has 0 radical (unpaired) electrons. The van der Waals surface area contributed by atoms with E-state index in [1.165, 1.54) is 6.07 Å². The molecular weight excluding hydrogens is 295 g/mol. The number of aromatic amines is 1. The van der Waals surface area contributed by atoms with Crippen molar-refractivity contribution >= 4 is 17.5 Å². The van der Waals surface area contributed by atoms with Crippen molar-refractivity contribution in [1.29, 1.82) is 0 Å². The molecule has 1 aliphatic heterocycles. The average molecular weight is 309 g/mol. The summed E-state index contributed by atoms with van der Waals surface area (Å²) in [6, 6.07) is 4.38. The minimum Gasteiger partial charge on any atom is -0.346 e. The van der Waals surface area contributed by atoms with Crippen LogP contribution in [0.1, 0.15) is 27.3 Å². The van der Waals surface area contributed by atoms with E-state index in [0.29, 0.717) is 22.8 Å². The predicted molar refractivity (Wildman–Crippen MR) is 76.6 cm³/mol. The topological polar surface area (TPSA) is 69.8 Å². The first-order valence-electron chi connectivity index (χ1n) is 6.64. The Bertz CT molecular complexity index is 686. The van der Waals surface area contributed by atoms with E-state index in [1.807, 2.05) is 0 Å². The molecule has 3 rings (SSSR count). The van der Waals surface area contributed by atoms with Crippen LogP contribution in [0.5, 0.6) is 0 Å². The van der Waals surface area contributed by atoms with Crippen molar-refractivity contribution in [2.75, 3.05) is 6.54 Å². The van der Waals surface area contributed by atoms with Crippen LogP contribution in [0.25, 0.3) is 0 Å². The molecule has 1 amide bonds. The molecule has 1 aliphatic rings. The Morgan fingerprint density at radius 2 is 2.33 bits per heavy atom. The second-order valence-corrected chi connectivity index (χ2v) is 5.31. The third-order valence-corrected chi connectivity index (χ3v) is 3.71. The summed E-state index contributed by atoms with van der Waals surface area (Å²) in [5.74, 6) is -0.736. The van der Waals surface area contributed by atoms with Crippen molar-refractivity contribution in [3.63, 3.8) is 0 Å². The van der Waals surface area contributed by atoms with Gasteiger partial charge in [0.2, 0.25) is 0 Å². The van der Waals surface area contributed by atoms with Gasteiger partial charge in [0.15, 0.2) is 5.69 Å². The van der Waals surface area contributed by atoms with Crippen LogP contribution in [0, 0.1) is 5.82 Å². The molecule has 2 heterocycles. The molecule has 21 heavy (non-hydrogen) atoms. The number of hydrogen-bond acceptors (Lipinski definition) is 3. The lowest BCUT2D eigenvalue weighted by Crippen LogP contribution is -2.28. The highest BCUT2D eigenvalue weighted by Crippen LogP contribution is 2.17. The minimum absolute atomic E-state index is 0.0989. The Morgan fingerprint density at radius 1 is 1.48 bits per heavy atom. The van der Waals surface area contributed by atoms with Crippen LogP contribution >= 0.6 is 11.6 Å². The summed E-state index contributed by atoms with van der Waals surface area (Å²) in [5.41, 5.74) is 2.64. The van der Waals surface area contributed by atoms with Gasteiger partial charge in [-0.25, -0.2) is 4.39 Å². The van der Waals surface area contributed by atoms with Gasteiger partial charge in [-0.3, -0.25) is 9.89 Å². The number of aromatic nitrogens is 2. The molecule has 5 nitrogen and oxygen atoms in total. The lowest BCUT2D eigenvalue weighted by molar-refractivity contribution is 0.0944. The van der Waals surface area contributed by atoms with E-state index in [9.17, 15) is 9.18 Å². The number of H-pyrrole nitrogens is 1. The fraction of sp³-hybridized carbons (Fsp3) is 0.286.